The van der Waals surface area contributed by atoms with Crippen molar-refractivity contribution in [1.82, 2.24) is 4.98 Å². The van der Waals surface area contributed by atoms with Crippen LogP contribution in [-0.4, -0.2) is 22.3 Å². The molecule has 5 N–H and O–H groups in total. The zero-order valence-corrected chi connectivity index (χ0v) is 17.9. The highest BCUT2D eigenvalue weighted by Crippen LogP contribution is 2.31. The number of ether oxygens (including phenoxy) is 2. The van der Waals surface area contributed by atoms with Crippen molar-refractivity contribution in [2.45, 2.75) is 39.4 Å². The summed E-state index contributed by atoms with van der Waals surface area (Å²) in [6, 6.07) is 14.7. The normalized spacial score (nSPS) is 12.5. The number of aryl methyl sites for hydroxylation is 1. The van der Waals surface area contributed by atoms with Crippen molar-refractivity contribution in [1.29, 1.82) is 0 Å². The maximum atomic E-state index is 8.77. The molecule has 0 aliphatic rings. The van der Waals surface area contributed by atoms with Gasteiger partial charge in [-0.25, -0.2) is 4.98 Å². The van der Waals surface area contributed by atoms with E-state index in [1.165, 1.54) is 11.3 Å². The Morgan fingerprint density at radius 2 is 1.70 bits per heavy atom. The molecule has 8 heteroatoms. The number of hydrogen-bond donors (Lipinski definition) is 3. The van der Waals surface area contributed by atoms with Crippen molar-refractivity contribution in [3.63, 3.8) is 0 Å². The fourth-order valence-corrected chi connectivity index (χ4v) is 3.63. The van der Waals surface area contributed by atoms with E-state index in [1.54, 1.807) is 24.3 Å². The molecule has 0 amide bonds. The molecule has 2 aromatic carbocycles. The average molecular weight is 427 g/mol. The van der Waals surface area contributed by atoms with Crippen molar-refractivity contribution in [3.05, 3.63) is 59.1 Å². The first-order chi connectivity index (χ1) is 14.5. The molecule has 7 nitrogen and oxygen atoms in total. The lowest BCUT2D eigenvalue weighted by Crippen LogP contribution is -2.24. The predicted octanol–water partition coefficient (Wildman–Crippen LogP) is 4.77. The third-order valence-electron chi connectivity index (χ3n) is 4.47. The van der Waals surface area contributed by atoms with Crippen LogP contribution in [0.1, 0.15) is 36.8 Å². The number of nitrogen functional groups attached to an aromatic ring is 1. The Labute approximate surface area is 180 Å². The third-order valence-corrected chi connectivity index (χ3v) is 5.27. The van der Waals surface area contributed by atoms with Crippen LogP contribution < -0.4 is 20.9 Å². The maximum absolute atomic E-state index is 8.77. The molecule has 158 valence electrons. The second-order valence-corrected chi connectivity index (χ2v) is 8.02. The summed E-state index contributed by atoms with van der Waals surface area (Å²) < 4.78 is 12.1. The maximum Gasteiger partial charge on any atom is 0.241 e. The molecule has 0 radical (unpaired) electrons. The fraction of sp³-hybridized carbons (Fsp3) is 0.273. The Kier molecular flexibility index (Phi) is 7.13. The minimum Gasteiger partial charge on any atom is -0.455 e. The van der Waals surface area contributed by atoms with Gasteiger partial charge in [-0.1, -0.05) is 18.5 Å². The van der Waals surface area contributed by atoms with Crippen LogP contribution in [0.15, 0.2) is 53.7 Å². The van der Waals surface area contributed by atoms with Crippen LogP contribution >= 0.6 is 11.3 Å². The average Bonchev–Trinajstić information content (AvgIpc) is 3.10. The predicted molar refractivity (Wildman–Crippen MR) is 120 cm³/mol. The quantitative estimate of drug-likeness (QED) is 0.149. The second-order valence-electron chi connectivity index (χ2n) is 6.79. The van der Waals surface area contributed by atoms with E-state index >= 15 is 0 Å². The summed E-state index contributed by atoms with van der Waals surface area (Å²) in [6.07, 6.45) is 2.32. The molecule has 0 saturated heterocycles. The van der Waals surface area contributed by atoms with Gasteiger partial charge in [-0.05, 0) is 61.9 Å². The van der Waals surface area contributed by atoms with E-state index in [4.69, 9.17) is 26.1 Å². The van der Waals surface area contributed by atoms with Gasteiger partial charge in [0.1, 0.15) is 22.2 Å². The summed E-state index contributed by atoms with van der Waals surface area (Å²) in [5, 5.41) is 13.4. The number of thiazole rings is 1. The molecule has 30 heavy (non-hydrogen) atoms. The first kappa shape index (κ1) is 21.4. The van der Waals surface area contributed by atoms with Gasteiger partial charge in [-0.3, -0.25) is 0 Å². The molecule has 1 unspecified atom stereocenters. The molecular weight excluding hydrogens is 400 g/mol. The van der Waals surface area contributed by atoms with Gasteiger partial charge in [-0.15, -0.1) is 11.3 Å². The number of anilines is 1. The van der Waals surface area contributed by atoms with Crippen LogP contribution in [0, 0.1) is 6.92 Å². The molecule has 1 atom stereocenters. The monoisotopic (exact) mass is 426 g/mol. The van der Waals surface area contributed by atoms with E-state index < -0.39 is 6.29 Å². The molecule has 3 rings (SSSR count). The van der Waals surface area contributed by atoms with Gasteiger partial charge in [0.2, 0.25) is 6.29 Å². The standard InChI is InChI=1S/C22H26N4O3S/c1-3-4-5-19(29-18-12-8-16(9-13-18)21(23)26-27)28-17-10-6-15(7-11-17)20-22(24)30-14(2)25-20/h6-13,19,27H,3-5,24H2,1-2H3,(H2,23,26). The first-order valence-corrected chi connectivity index (χ1v) is 10.6. The Morgan fingerprint density at radius 1 is 1.10 bits per heavy atom. The van der Waals surface area contributed by atoms with Crippen LogP contribution in [-0.2, 0) is 0 Å². The van der Waals surface area contributed by atoms with Crippen LogP contribution in [0.3, 0.4) is 0 Å². The topological polar surface area (TPSA) is 116 Å². The Bertz CT molecular complexity index is 985. The summed E-state index contributed by atoms with van der Waals surface area (Å²) in [4.78, 5) is 4.49. The van der Waals surface area contributed by atoms with Crippen molar-refractivity contribution in [2.24, 2.45) is 10.9 Å². The number of benzene rings is 2. The zero-order valence-electron chi connectivity index (χ0n) is 17.0. The third kappa shape index (κ3) is 5.42. The molecule has 1 aromatic heterocycles. The van der Waals surface area contributed by atoms with Crippen molar-refractivity contribution >= 4 is 22.2 Å². The minimum absolute atomic E-state index is 0.0522. The summed E-state index contributed by atoms with van der Waals surface area (Å²) in [5.74, 6) is 1.41. The van der Waals surface area contributed by atoms with Gasteiger partial charge in [0.05, 0.1) is 5.01 Å². The lowest BCUT2D eigenvalue weighted by Gasteiger charge is -2.21. The Morgan fingerprint density at radius 3 is 2.20 bits per heavy atom. The Balaban J connectivity index is 1.70. The zero-order chi connectivity index (χ0) is 21.5. The van der Waals surface area contributed by atoms with Crippen molar-refractivity contribution in [2.75, 3.05) is 5.73 Å². The highest BCUT2D eigenvalue weighted by atomic mass is 32.1. The minimum atomic E-state index is -0.433. The molecule has 0 aliphatic heterocycles. The second kappa shape index (κ2) is 9.98. The molecule has 0 fully saturated rings. The number of aromatic nitrogens is 1. The molecule has 0 spiro atoms. The van der Waals surface area contributed by atoms with E-state index in [0.717, 1.165) is 35.5 Å². The fourth-order valence-electron chi connectivity index (χ4n) is 2.92. The SMILES string of the molecule is CCCCC(Oc1ccc(C(N)=NO)cc1)Oc1ccc(-c2nc(C)sc2N)cc1. The number of rotatable bonds is 9. The van der Waals surface area contributed by atoms with Gasteiger partial charge in [0.25, 0.3) is 0 Å². The number of nitrogens with zero attached hydrogens (tertiary/aromatic N) is 2. The molecule has 0 aliphatic carbocycles. The van der Waals surface area contributed by atoms with E-state index in [1.807, 2.05) is 31.2 Å². The summed E-state index contributed by atoms with van der Waals surface area (Å²) in [7, 11) is 0. The number of hydrogen-bond acceptors (Lipinski definition) is 7. The number of amidine groups is 1. The molecule has 0 saturated carbocycles. The largest absolute Gasteiger partial charge is 0.455 e. The highest BCUT2D eigenvalue weighted by Gasteiger charge is 2.14. The lowest BCUT2D eigenvalue weighted by atomic mass is 10.1. The van der Waals surface area contributed by atoms with E-state index in [2.05, 4.69) is 17.1 Å². The van der Waals surface area contributed by atoms with E-state index in [0.29, 0.717) is 22.1 Å². The highest BCUT2D eigenvalue weighted by molar-refractivity contribution is 7.16. The van der Waals surface area contributed by atoms with Crippen molar-refractivity contribution in [3.8, 4) is 22.8 Å². The number of oxime groups is 1. The summed E-state index contributed by atoms with van der Waals surface area (Å²) in [5.41, 5.74) is 14.0. The Hall–Kier alpha value is -3.26. The van der Waals surface area contributed by atoms with Crippen LogP contribution in [0.2, 0.25) is 0 Å². The van der Waals surface area contributed by atoms with Crippen molar-refractivity contribution < 1.29 is 14.7 Å². The molecule has 1 heterocycles. The van der Waals surface area contributed by atoms with Gasteiger partial charge < -0.3 is 26.1 Å². The van der Waals surface area contributed by atoms with Crippen LogP contribution in [0.5, 0.6) is 11.5 Å². The molecular formula is C22H26N4O3S. The van der Waals surface area contributed by atoms with E-state index in [-0.39, 0.29) is 5.84 Å². The summed E-state index contributed by atoms with van der Waals surface area (Å²) >= 11 is 1.48. The van der Waals surface area contributed by atoms with Crippen LogP contribution in [0.25, 0.3) is 11.3 Å². The summed E-state index contributed by atoms with van der Waals surface area (Å²) in [6.45, 7) is 4.06. The lowest BCUT2D eigenvalue weighted by molar-refractivity contribution is -0.00211. The smallest absolute Gasteiger partial charge is 0.241 e. The number of unbranched alkanes of at least 4 members (excludes halogenated alkanes) is 1. The first-order valence-electron chi connectivity index (χ1n) is 9.74. The number of nitrogens with two attached hydrogens (primary N) is 2. The molecule has 3 aromatic rings. The molecule has 0 bridgehead atoms. The van der Waals surface area contributed by atoms with Gasteiger partial charge in [0.15, 0.2) is 5.84 Å². The van der Waals surface area contributed by atoms with Gasteiger partial charge in [-0.2, -0.15) is 0 Å². The van der Waals surface area contributed by atoms with Gasteiger partial charge in [0, 0.05) is 17.5 Å². The van der Waals surface area contributed by atoms with E-state index in [9.17, 15) is 0 Å². The van der Waals surface area contributed by atoms with Crippen LogP contribution in [0.4, 0.5) is 5.00 Å². The van der Waals surface area contributed by atoms with Gasteiger partial charge >= 0.3 is 0 Å².